The van der Waals surface area contributed by atoms with E-state index in [2.05, 4.69) is 5.32 Å². The maximum Gasteiger partial charge on any atom is 0.329 e. The average molecular weight is 301 g/mol. The molecule has 1 aromatic heterocycles. The van der Waals surface area contributed by atoms with Crippen LogP contribution in [0.2, 0.25) is 0 Å². The number of carbonyl (C=O) groups excluding carboxylic acids is 1. The standard InChI is InChI=1S/C17H19NO4/c1-10-3-6-13-11(9-22-14(13)7-10)8-15(19)18-17(2,16(20)21)12-4-5-12/h3,6-7,9,12H,4-5,8H2,1-2H3,(H,18,19)(H,20,21). The lowest BCUT2D eigenvalue weighted by Gasteiger charge is -2.26. The lowest BCUT2D eigenvalue weighted by molar-refractivity contribution is -0.147. The van der Waals surface area contributed by atoms with Gasteiger partial charge in [-0.2, -0.15) is 0 Å². The molecule has 1 atom stereocenters. The molecule has 3 rings (SSSR count). The summed E-state index contributed by atoms with van der Waals surface area (Å²) in [5, 5.41) is 13.0. The van der Waals surface area contributed by atoms with Crippen LogP contribution >= 0.6 is 0 Å². The zero-order valence-electron chi connectivity index (χ0n) is 12.7. The summed E-state index contributed by atoms with van der Waals surface area (Å²) in [6, 6.07) is 5.81. The van der Waals surface area contributed by atoms with Crippen molar-refractivity contribution in [1.82, 2.24) is 5.32 Å². The lowest BCUT2D eigenvalue weighted by atomic mass is 9.95. The van der Waals surface area contributed by atoms with Crippen molar-refractivity contribution >= 4 is 22.8 Å². The Labute approximate surface area is 128 Å². The fourth-order valence-electron chi connectivity index (χ4n) is 2.82. The highest BCUT2D eigenvalue weighted by Gasteiger charge is 2.48. The maximum absolute atomic E-state index is 12.3. The van der Waals surface area contributed by atoms with Gasteiger partial charge in [-0.15, -0.1) is 0 Å². The van der Waals surface area contributed by atoms with Crippen LogP contribution in [-0.2, 0) is 16.0 Å². The van der Waals surface area contributed by atoms with Crippen molar-refractivity contribution in [2.75, 3.05) is 0 Å². The van der Waals surface area contributed by atoms with E-state index in [0.29, 0.717) is 0 Å². The molecule has 2 aromatic rings. The monoisotopic (exact) mass is 301 g/mol. The summed E-state index contributed by atoms with van der Waals surface area (Å²) >= 11 is 0. The number of amides is 1. The Morgan fingerprint density at radius 1 is 1.41 bits per heavy atom. The van der Waals surface area contributed by atoms with E-state index in [1.807, 2.05) is 25.1 Å². The van der Waals surface area contributed by atoms with Crippen molar-refractivity contribution in [2.24, 2.45) is 5.92 Å². The van der Waals surface area contributed by atoms with Gasteiger partial charge < -0.3 is 14.8 Å². The van der Waals surface area contributed by atoms with Crippen molar-refractivity contribution in [3.63, 3.8) is 0 Å². The molecule has 0 aliphatic heterocycles. The van der Waals surface area contributed by atoms with Gasteiger partial charge >= 0.3 is 5.97 Å². The predicted molar refractivity (Wildman–Crippen MR) is 81.6 cm³/mol. The zero-order chi connectivity index (χ0) is 15.9. The zero-order valence-corrected chi connectivity index (χ0v) is 12.7. The summed E-state index contributed by atoms with van der Waals surface area (Å²) < 4.78 is 5.47. The minimum Gasteiger partial charge on any atom is -0.480 e. The molecule has 1 fully saturated rings. The van der Waals surface area contributed by atoms with Crippen LogP contribution in [0.15, 0.2) is 28.9 Å². The van der Waals surface area contributed by atoms with Crippen LogP contribution in [-0.4, -0.2) is 22.5 Å². The Balaban J connectivity index is 1.77. The molecule has 0 bridgehead atoms. The van der Waals surface area contributed by atoms with E-state index < -0.39 is 11.5 Å². The normalized spacial score (nSPS) is 17.2. The van der Waals surface area contributed by atoms with Crippen LogP contribution in [0.3, 0.4) is 0 Å². The average Bonchev–Trinajstić information content (AvgIpc) is 3.23. The number of hydrogen-bond acceptors (Lipinski definition) is 3. The minimum atomic E-state index is -1.17. The number of hydrogen-bond donors (Lipinski definition) is 2. The molecule has 1 aliphatic rings. The first kappa shape index (κ1) is 14.6. The largest absolute Gasteiger partial charge is 0.480 e. The number of benzene rings is 1. The van der Waals surface area contributed by atoms with Crippen LogP contribution in [0.4, 0.5) is 0 Å². The molecule has 1 aromatic carbocycles. The predicted octanol–water partition coefficient (Wildman–Crippen LogP) is 2.65. The molecule has 116 valence electrons. The molecule has 0 radical (unpaired) electrons. The van der Waals surface area contributed by atoms with Crippen LogP contribution in [0.25, 0.3) is 11.0 Å². The molecule has 2 N–H and O–H groups in total. The van der Waals surface area contributed by atoms with E-state index in [-0.39, 0.29) is 18.2 Å². The first-order valence-electron chi connectivity index (χ1n) is 7.41. The second-order valence-corrected chi connectivity index (χ2v) is 6.27. The Morgan fingerprint density at radius 2 is 2.14 bits per heavy atom. The lowest BCUT2D eigenvalue weighted by Crippen LogP contribution is -2.54. The van der Waals surface area contributed by atoms with Crippen LogP contribution in [0, 0.1) is 12.8 Å². The van der Waals surface area contributed by atoms with Gasteiger partial charge in [-0.3, -0.25) is 4.79 Å². The van der Waals surface area contributed by atoms with Crippen LogP contribution < -0.4 is 5.32 Å². The summed E-state index contributed by atoms with van der Waals surface area (Å²) in [5.74, 6) is -1.24. The fourth-order valence-corrected chi connectivity index (χ4v) is 2.82. The van der Waals surface area contributed by atoms with Gasteiger partial charge in [0.25, 0.3) is 0 Å². The third-order valence-electron chi connectivity index (χ3n) is 4.40. The number of furan rings is 1. The number of rotatable bonds is 5. The van der Waals surface area contributed by atoms with Crippen molar-refractivity contribution in [1.29, 1.82) is 0 Å². The molecule has 0 spiro atoms. The van der Waals surface area contributed by atoms with Gasteiger partial charge in [0.05, 0.1) is 12.7 Å². The van der Waals surface area contributed by atoms with Gasteiger partial charge in [-0.25, -0.2) is 4.79 Å². The molecule has 1 unspecified atom stereocenters. The topological polar surface area (TPSA) is 79.5 Å². The van der Waals surface area contributed by atoms with Gasteiger partial charge in [0.15, 0.2) is 0 Å². The smallest absolute Gasteiger partial charge is 0.329 e. The van der Waals surface area contributed by atoms with Crippen molar-refractivity contribution in [3.05, 3.63) is 35.6 Å². The highest BCUT2D eigenvalue weighted by Crippen LogP contribution is 2.39. The number of carboxylic acids is 1. The number of aryl methyl sites for hydroxylation is 1. The van der Waals surface area contributed by atoms with E-state index >= 15 is 0 Å². The third-order valence-corrected chi connectivity index (χ3v) is 4.40. The minimum absolute atomic E-state index is 0.0256. The van der Waals surface area contributed by atoms with Gasteiger partial charge in [0.2, 0.25) is 5.91 Å². The molecular weight excluding hydrogens is 282 g/mol. The summed E-state index contributed by atoms with van der Waals surface area (Å²) in [4.78, 5) is 23.7. The Morgan fingerprint density at radius 3 is 2.77 bits per heavy atom. The molecule has 1 heterocycles. The van der Waals surface area contributed by atoms with E-state index in [1.54, 1.807) is 13.2 Å². The van der Waals surface area contributed by atoms with Crippen molar-refractivity contribution in [2.45, 2.75) is 38.6 Å². The quantitative estimate of drug-likeness (QED) is 0.889. The van der Waals surface area contributed by atoms with E-state index in [9.17, 15) is 14.7 Å². The highest BCUT2D eigenvalue weighted by atomic mass is 16.4. The van der Waals surface area contributed by atoms with Gasteiger partial charge in [0.1, 0.15) is 11.1 Å². The van der Waals surface area contributed by atoms with E-state index in [1.165, 1.54) is 0 Å². The Bertz CT molecular complexity index is 744. The molecule has 1 aliphatic carbocycles. The van der Waals surface area contributed by atoms with Crippen molar-refractivity contribution in [3.8, 4) is 0 Å². The molecule has 1 saturated carbocycles. The number of aliphatic carboxylic acids is 1. The van der Waals surface area contributed by atoms with E-state index in [0.717, 1.165) is 34.9 Å². The van der Waals surface area contributed by atoms with Crippen LogP contribution in [0.5, 0.6) is 0 Å². The summed E-state index contributed by atoms with van der Waals surface area (Å²) in [6.07, 6.45) is 3.37. The summed E-state index contributed by atoms with van der Waals surface area (Å²) in [5.41, 5.74) is 1.43. The Kier molecular flexibility index (Phi) is 3.43. The number of carboxylic acid groups (broad SMARTS) is 1. The first-order valence-corrected chi connectivity index (χ1v) is 7.41. The van der Waals surface area contributed by atoms with Gasteiger partial charge in [0, 0.05) is 10.9 Å². The van der Waals surface area contributed by atoms with Gasteiger partial charge in [-0.05, 0) is 44.2 Å². The van der Waals surface area contributed by atoms with Crippen LogP contribution in [0.1, 0.15) is 30.9 Å². The molecule has 0 saturated heterocycles. The molecule has 22 heavy (non-hydrogen) atoms. The SMILES string of the molecule is Cc1ccc2c(CC(=O)NC(C)(C(=O)O)C3CC3)coc2c1. The second-order valence-electron chi connectivity index (χ2n) is 6.27. The number of fused-ring (bicyclic) bond motifs is 1. The first-order chi connectivity index (χ1) is 10.4. The molecular formula is C17H19NO4. The van der Waals surface area contributed by atoms with Crippen molar-refractivity contribution < 1.29 is 19.1 Å². The summed E-state index contributed by atoms with van der Waals surface area (Å²) in [7, 11) is 0. The van der Waals surface area contributed by atoms with E-state index in [4.69, 9.17) is 4.42 Å². The molecule has 5 nitrogen and oxygen atoms in total. The Hall–Kier alpha value is -2.30. The highest BCUT2D eigenvalue weighted by molar-refractivity contribution is 5.91. The fraction of sp³-hybridized carbons (Fsp3) is 0.412. The summed E-state index contributed by atoms with van der Waals surface area (Å²) in [6.45, 7) is 3.56. The van der Waals surface area contributed by atoms with Gasteiger partial charge in [-0.1, -0.05) is 12.1 Å². The second kappa shape index (κ2) is 5.16. The molecule has 5 heteroatoms. The number of carbonyl (C=O) groups is 2. The number of nitrogens with one attached hydrogen (secondary N) is 1. The molecule has 1 amide bonds. The third kappa shape index (κ3) is 2.58. The maximum atomic E-state index is 12.3.